The third-order valence-corrected chi connectivity index (χ3v) is 4.32. The molecule has 21 heavy (non-hydrogen) atoms. The third-order valence-electron chi connectivity index (χ3n) is 4.32. The van der Waals surface area contributed by atoms with Gasteiger partial charge < -0.3 is 10.0 Å². The van der Waals surface area contributed by atoms with Crippen LogP contribution in [0.1, 0.15) is 48.8 Å². The zero-order valence-corrected chi connectivity index (χ0v) is 12.4. The van der Waals surface area contributed by atoms with Crippen LogP contribution in [-0.2, 0) is 0 Å². The third kappa shape index (κ3) is 2.51. The molecule has 0 bridgehead atoms. The van der Waals surface area contributed by atoms with Gasteiger partial charge in [-0.2, -0.15) is 0 Å². The molecular formula is C15H20N4O2. The van der Waals surface area contributed by atoms with E-state index in [9.17, 15) is 9.90 Å². The van der Waals surface area contributed by atoms with E-state index in [1.807, 2.05) is 10.6 Å². The van der Waals surface area contributed by atoms with Gasteiger partial charge in [0.05, 0.1) is 0 Å². The summed E-state index contributed by atoms with van der Waals surface area (Å²) in [6.45, 7) is 6.53. The topological polar surface area (TPSA) is 70.7 Å². The van der Waals surface area contributed by atoms with Gasteiger partial charge in [0, 0.05) is 18.2 Å². The molecule has 3 rings (SSSR count). The van der Waals surface area contributed by atoms with E-state index in [4.69, 9.17) is 0 Å². The molecule has 0 unspecified atom stereocenters. The summed E-state index contributed by atoms with van der Waals surface area (Å²) in [5.74, 6) is 0.268. The second kappa shape index (κ2) is 5.44. The first-order valence-electron chi connectivity index (χ1n) is 7.39. The quantitative estimate of drug-likeness (QED) is 0.935. The first kappa shape index (κ1) is 14.0. The predicted molar refractivity (Wildman–Crippen MR) is 78.6 cm³/mol. The number of nitrogens with zero attached hydrogens (tertiary/aromatic N) is 4. The number of carboxylic acids is 1. The van der Waals surface area contributed by atoms with Crippen molar-refractivity contribution in [2.45, 2.75) is 38.6 Å². The summed E-state index contributed by atoms with van der Waals surface area (Å²) in [6, 6.07) is 3.88. The molecule has 6 heteroatoms. The summed E-state index contributed by atoms with van der Waals surface area (Å²) in [4.78, 5) is 13.7. The van der Waals surface area contributed by atoms with Crippen molar-refractivity contribution in [3.05, 3.63) is 29.7 Å². The van der Waals surface area contributed by atoms with Gasteiger partial charge in [0.15, 0.2) is 5.65 Å². The van der Waals surface area contributed by atoms with Gasteiger partial charge in [-0.25, -0.2) is 4.79 Å². The van der Waals surface area contributed by atoms with E-state index in [1.165, 1.54) is 0 Å². The second-order valence-electron chi connectivity index (χ2n) is 5.88. The fourth-order valence-electron chi connectivity index (χ4n) is 3.05. The molecule has 0 aromatic carbocycles. The van der Waals surface area contributed by atoms with Crippen LogP contribution in [0.4, 0.5) is 0 Å². The van der Waals surface area contributed by atoms with Gasteiger partial charge in [-0.3, -0.25) is 4.40 Å². The molecule has 2 aromatic heterocycles. The molecule has 0 aliphatic carbocycles. The number of aromatic carboxylic acids is 1. The van der Waals surface area contributed by atoms with Gasteiger partial charge in [-0.05, 0) is 51.9 Å². The van der Waals surface area contributed by atoms with Crippen LogP contribution < -0.4 is 0 Å². The Bertz CT molecular complexity index is 657. The lowest BCUT2D eigenvalue weighted by Crippen LogP contribution is -2.38. The van der Waals surface area contributed by atoms with Crippen molar-refractivity contribution < 1.29 is 9.90 Å². The normalized spacial score (nSPS) is 17.7. The van der Waals surface area contributed by atoms with Crippen LogP contribution in [0.5, 0.6) is 0 Å². The number of hydrogen-bond donors (Lipinski definition) is 1. The number of likely N-dealkylation sites (tertiary alicyclic amines) is 1. The Balaban J connectivity index is 1.89. The van der Waals surface area contributed by atoms with Crippen molar-refractivity contribution in [1.82, 2.24) is 19.5 Å². The van der Waals surface area contributed by atoms with E-state index in [0.717, 1.165) is 31.8 Å². The van der Waals surface area contributed by atoms with E-state index < -0.39 is 5.97 Å². The summed E-state index contributed by atoms with van der Waals surface area (Å²) < 4.78 is 1.83. The minimum absolute atomic E-state index is 0.205. The van der Waals surface area contributed by atoms with Crippen molar-refractivity contribution in [1.29, 1.82) is 0 Å². The molecule has 0 saturated carbocycles. The highest BCUT2D eigenvalue weighted by atomic mass is 16.4. The lowest BCUT2D eigenvalue weighted by molar-refractivity contribution is 0.0698. The molecule has 1 N–H and O–H groups in total. The SMILES string of the molecule is CC(C)N1CCC(c2nnc3c(C(=O)O)cccn23)CC1. The monoisotopic (exact) mass is 288 g/mol. The van der Waals surface area contributed by atoms with Crippen molar-refractivity contribution in [3.8, 4) is 0 Å². The highest BCUT2D eigenvalue weighted by molar-refractivity contribution is 5.94. The first-order valence-corrected chi connectivity index (χ1v) is 7.39. The van der Waals surface area contributed by atoms with Crippen molar-refractivity contribution in [2.75, 3.05) is 13.1 Å². The Kier molecular flexibility index (Phi) is 3.63. The molecule has 0 amide bonds. The number of carbonyl (C=O) groups is 1. The van der Waals surface area contributed by atoms with Gasteiger partial charge in [-0.1, -0.05) is 0 Å². The fourth-order valence-corrected chi connectivity index (χ4v) is 3.05. The second-order valence-corrected chi connectivity index (χ2v) is 5.88. The van der Waals surface area contributed by atoms with Gasteiger partial charge in [0.2, 0.25) is 0 Å². The molecule has 0 spiro atoms. The van der Waals surface area contributed by atoms with E-state index in [2.05, 4.69) is 28.9 Å². The molecule has 1 aliphatic rings. The average molecular weight is 288 g/mol. The number of rotatable bonds is 3. The minimum Gasteiger partial charge on any atom is -0.478 e. The van der Waals surface area contributed by atoms with E-state index in [1.54, 1.807) is 12.1 Å². The van der Waals surface area contributed by atoms with Crippen molar-refractivity contribution >= 4 is 11.6 Å². The van der Waals surface area contributed by atoms with Crippen LogP contribution in [0, 0.1) is 0 Å². The maximum absolute atomic E-state index is 11.2. The maximum atomic E-state index is 11.2. The summed E-state index contributed by atoms with van der Waals surface area (Å²) >= 11 is 0. The highest BCUT2D eigenvalue weighted by Crippen LogP contribution is 2.28. The van der Waals surface area contributed by atoms with Crippen LogP contribution in [0.15, 0.2) is 18.3 Å². The number of hydrogen-bond acceptors (Lipinski definition) is 4. The van der Waals surface area contributed by atoms with E-state index >= 15 is 0 Å². The van der Waals surface area contributed by atoms with Gasteiger partial charge in [-0.15, -0.1) is 10.2 Å². The Morgan fingerprint density at radius 2 is 2.05 bits per heavy atom. The lowest BCUT2D eigenvalue weighted by atomic mass is 9.95. The zero-order chi connectivity index (χ0) is 15.0. The van der Waals surface area contributed by atoms with Crippen molar-refractivity contribution in [2.24, 2.45) is 0 Å². The molecule has 1 saturated heterocycles. The Hall–Kier alpha value is -1.95. The summed E-state index contributed by atoms with van der Waals surface area (Å²) in [6.07, 6.45) is 3.93. The average Bonchev–Trinajstić information content (AvgIpc) is 2.90. The van der Waals surface area contributed by atoms with Crippen LogP contribution in [-0.4, -0.2) is 49.7 Å². The van der Waals surface area contributed by atoms with Gasteiger partial charge >= 0.3 is 5.97 Å². The van der Waals surface area contributed by atoms with Crippen LogP contribution in [0.3, 0.4) is 0 Å². The smallest absolute Gasteiger partial charge is 0.339 e. The summed E-state index contributed by atoms with van der Waals surface area (Å²) in [7, 11) is 0. The van der Waals surface area contributed by atoms with Crippen LogP contribution in [0.25, 0.3) is 5.65 Å². The molecule has 3 heterocycles. The molecule has 6 nitrogen and oxygen atoms in total. The maximum Gasteiger partial charge on any atom is 0.339 e. The van der Waals surface area contributed by atoms with E-state index in [0.29, 0.717) is 17.6 Å². The number of carboxylic acid groups (broad SMARTS) is 1. The zero-order valence-electron chi connectivity index (χ0n) is 12.4. The van der Waals surface area contributed by atoms with Crippen LogP contribution >= 0.6 is 0 Å². The first-order chi connectivity index (χ1) is 10.1. The summed E-state index contributed by atoms with van der Waals surface area (Å²) in [5, 5.41) is 17.6. The van der Waals surface area contributed by atoms with Gasteiger partial charge in [0.1, 0.15) is 11.4 Å². The number of aromatic nitrogens is 3. The molecule has 112 valence electrons. The summed E-state index contributed by atoms with van der Waals surface area (Å²) in [5.41, 5.74) is 0.641. The highest BCUT2D eigenvalue weighted by Gasteiger charge is 2.26. The number of piperidine rings is 1. The standard InChI is InChI=1S/C15H20N4O2/c1-10(2)18-8-5-11(6-9-18)13-16-17-14-12(15(20)21)4-3-7-19(13)14/h3-4,7,10-11H,5-6,8-9H2,1-2H3,(H,20,21). The number of pyridine rings is 1. The number of fused-ring (bicyclic) bond motifs is 1. The fraction of sp³-hybridized carbons (Fsp3) is 0.533. The molecule has 2 aromatic rings. The van der Waals surface area contributed by atoms with Crippen LogP contribution in [0.2, 0.25) is 0 Å². The molecule has 1 fully saturated rings. The Labute approximate surface area is 123 Å². The lowest BCUT2D eigenvalue weighted by Gasteiger charge is -2.33. The minimum atomic E-state index is -0.964. The molecule has 0 atom stereocenters. The van der Waals surface area contributed by atoms with E-state index in [-0.39, 0.29) is 5.56 Å². The molecule has 0 radical (unpaired) electrons. The molecule has 1 aliphatic heterocycles. The van der Waals surface area contributed by atoms with Gasteiger partial charge in [0.25, 0.3) is 0 Å². The molecular weight excluding hydrogens is 268 g/mol. The van der Waals surface area contributed by atoms with Crippen molar-refractivity contribution in [3.63, 3.8) is 0 Å². The largest absolute Gasteiger partial charge is 0.478 e. The Morgan fingerprint density at radius 1 is 1.33 bits per heavy atom. The predicted octanol–water partition coefficient (Wildman–Crippen LogP) is 2.02. The Morgan fingerprint density at radius 3 is 2.67 bits per heavy atom.